The molecule has 0 aromatic rings. The first kappa shape index (κ1) is 18.2. The third kappa shape index (κ3) is 5.46. The van der Waals surface area contributed by atoms with Crippen molar-refractivity contribution in [2.24, 2.45) is 0 Å². The second-order valence-corrected chi connectivity index (χ2v) is 6.64. The minimum absolute atomic E-state index is 0.0566. The van der Waals surface area contributed by atoms with E-state index in [1.54, 1.807) is 0 Å². The van der Waals surface area contributed by atoms with Crippen LogP contribution in [0.4, 0.5) is 0 Å². The van der Waals surface area contributed by atoms with Gasteiger partial charge in [0.15, 0.2) is 0 Å². The Kier molecular flexibility index (Phi) is 7.30. The number of hydrogen-bond acceptors (Lipinski definition) is 4. The monoisotopic (exact) mass is 325 g/mol. The van der Waals surface area contributed by atoms with Crippen LogP contribution in [0.5, 0.6) is 0 Å². The molecule has 23 heavy (non-hydrogen) atoms. The topological polar surface area (TPSA) is 61.9 Å². The van der Waals surface area contributed by atoms with E-state index in [0.29, 0.717) is 25.7 Å². The molecular weight excluding hydrogens is 294 g/mol. The van der Waals surface area contributed by atoms with Crippen LogP contribution in [0.15, 0.2) is 0 Å². The normalized spacial score (nSPS) is 21.4. The van der Waals surface area contributed by atoms with Gasteiger partial charge in [0.05, 0.1) is 6.04 Å². The Morgan fingerprint density at radius 1 is 1.17 bits per heavy atom. The number of rotatable bonds is 7. The van der Waals surface area contributed by atoms with E-state index < -0.39 is 0 Å². The van der Waals surface area contributed by atoms with E-state index in [4.69, 9.17) is 4.74 Å². The number of amides is 2. The smallest absolute Gasteiger partial charge is 0.248 e. The van der Waals surface area contributed by atoms with Gasteiger partial charge in [0.25, 0.3) is 0 Å². The molecule has 0 aromatic heterocycles. The maximum Gasteiger partial charge on any atom is 0.248 e. The van der Waals surface area contributed by atoms with Crippen LogP contribution in [0, 0.1) is 0 Å². The van der Waals surface area contributed by atoms with Crippen molar-refractivity contribution < 1.29 is 14.3 Å². The molecule has 2 rings (SSSR count). The van der Waals surface area contributed by atoms with Crippen LogP contribution in [-0.4, -0.2) is 73.1 Å². The predicted molar refractivity (Wildman–Crippen MR) is 89.1 cm³/mol. The second-order valence-electron chi connectivity index (χ2n) is 6.64. The highest BCUT2D eigenvalue weighted by molar-refractivity contribution is 5.81. The van der Waals surface area contributed by atoms with Gasteiger partial charge in [-0.05, 0) is 26.2 Å². The Hall–Kier alpha value is -1.14. The van der Waals surface area contributed by atoms with Crippen molar-refractivity contribution in [2.75, 3.05) is 39.4 Å². The summed E-state index contributed by atoms with van der Waals surface area (Å²) in [6.07, 6.45) is 5.59. The molecule has 0 spiro atoms. The van der Waals surface area contributed by atoms with Crippen LogP contribution >= 0.6 is 0 Å². The van der Waals surface area contributed by atoms with Crippen LogP contribution in [0.2, 0.25) is 0 Å². The van der Waals surface area contributed by atoms with Crippen molar-refractivity contribution in [3.63, 3.8) is 0 Å². The summed E-state index contributed by atoms with van der Waals surface area (Å²) in [5.74, 6) is 0.184. The third-order valence-electron chi connectivity index (χ3n) is 4.87. The lowest BCUT2D eigenvalue weighted by Crippen LogP contribution is -2.56. The zero-order chi connectivity index (χ0) is 16.7. The van der Waals surface area contributed by atoms with E-state index in [1.165, 1.54) is 12.8 Å². The van der Waals surface area contributed by atoms with Crippen molar-refractivity contribution >= 4 is 11.8 Å². The van der Waals surface area contributed by atoms with Crippen LogP contribution in [0.1, 0.15) is 46.0 Å². The molecule has 0 aromatic carbocycles. The molecule has 1 heterocycles. The zero-order valence-electron chi connectivity index (χ0n) is 14.6. The number of piperazine rings is 1. The summed E-state index contributed by atoms with van der Waals surface area (Å²) in [5, 5.41) is 3.16. The first-order valence-corrected chi connectivity index (χ1v) is 9.01. The fourth-order valence-electron chi connectivity index (χ4n) is 3.31. The molecule has 2 amide bonds. The Bertz CT molecular complexity index is 389. The number of nitrogens with one attached hydrogen (secondary N) is 1. The molecule has 2 aliphatic rings. The quantitative estimate of drug-likeness (QED) is 0.710. The van der Waals surface area contributed by atoms with Gasteiger partial charge in [0.1, 0.15) is 6.61 Å². The fourth-order valence-corrected chi connectivity index (χ4v) is 3.31. The lowest BCUT2D eigenvalue weighted by Gasteiger charge is -2.37. The Balaban J connectivity index is 1.70. The summed E-state index contributed by atoms with van der Waals surface area (Å²) in [7, 11) is 0. The van der Waals surface area contributed by atoms with Gasteiger partial charge >= 0.3 is 0 Å². The Morgan fingerprint density at radius 2 is 1.83 bits per heavy atom. The zero-order valence-corrected chi connectivity index (χ0v) is 14.6. The molecule has 6 heteroatoms. The molecule has 1 aliphatic carbocycles. The largest absolute Gasteiger partial charge is 0.372 e. The molecule has 1 saturated heterocycles. The minimum atomic E-state index is -0.121. The fraction of sp³-hybridized carbons (Fsp3) is 0.882. The van der Waals surface area contributed by atoms with Crippen molar-refractivity contribution in [2.45, 2.75) is 58.0 Å². The van der Waals surface area contributed by atoms with Crippen molar-refractivity contribution in [3.05, 3.63) is 0 Å². The molecule has 0 bridgehead atoms. The number of hydrogen-bond donors (Lipinski definition) is 1. The number of nitrogens with zero attached hydrogens (tertiary/aromatic N) is 2. The average molecular weight is 325 g/mol. The van der Waals surface area contributed by atoms with Gasteiger partial charge in [0, 0.05) is 38.8 Å². The summed E-state index contributed by atoms with van der Waals surface area (Å²) in [6, 6.07) is 0.243. The van der Waals surface area contributed by atoms with E-state index in [0.717, 1.165) is 32.4 Å². The molecule has 2 fully saturated rings. The summed E-state index contributed by atoms with van der Waals surface area (Å²) in [6.45, 7) is 7.64. The van der Waals surface area contributed by atoms with E-state index >= 15 is 0 Å². The van der Waals surface area contributed by atoms with Crippen molar-refractivity contribution in [3.8, 4) is 0 Å². The summed E-state index contributed by atoms with van der Waals surface area (Å²) >= 11 is 0. The molecule has 1 atom stereocenters. The summed E-state index contributed by atoms with van der Waals surface area (Å²) < 4.78 is 5.32. The lowest BCUT2D eigenvalue weighted by atomic mass is 10.2. The molecule has 1 saturated carbocycles. The lowest BCUT2D eigenvalue weighted by molar-refractivity contribution is -0.138. The van der Waals surface area contributed by atoms with E-state index in [1.807, 2.05) is 18.7 Å². The van der Waals surface area contributed by atoms with Gasteiger partial charge in [-0.25, -0.2) is 0 Å². The van der Waals surface area contributed by atoms with Gasteiger partial charge in [-0.3, -0.25) is 14.5 Å². The Labute approximate surface area is 139 Å². The maximum absolute atomic E-state index is 12.3. The van der Waals surface area contributed by atoms with E-state index in [-0.39, 0.29) is 24.5 Å². The molecule has 1 N–H and O–H groups in total. The third-order valence-corrected chi connectivity index (χ3v) is 4.87. The first-order chi connectivity index (χ1) is 11.1. The van der Waals surface area contributed by atoms with Crippen LogP contribution < -0.4 is 5.32 Å². The second kappa shape index (κ2) is 9.23. The maximum atomic E-state index is 12.3. The standard InChI is InChI=1S/C17H31N3O3/c1-3-12-23-13-16(21)20-10-8-19(9-11-20)14(2)17(22)18-15-6-4-5-7-15/h14-15H,3-13H2,1-2H3,(H,18,22). The summed E-state index contributed by atoms with van der Waals surface area (Å²) in [5.41, 5.74) is 0. The molecule has 6 nitrogen and oxygen atoms in total. The molecular formula is C17H31N3O3. The number of ether oxygens (including phenoxy) is 1. The van der Waals surface area contributed by atoms with Crippen molar-refractivity contribution in [1.29, 1.82) is 0 Å². The molecule has 0 radical (unpaired) electrons. The number of carbonyl (C=O) groups is 2. The van der Waals surface area contributed by atoms with Gasteiger partial charge in [-0.2, -0.15) is 0 Å². The highest BCUT2D eigenvalue weighted by atomic mass is 16.5. The van der Waals surface area contributed by atoms with Gasteiger partial charge in [-0.1, -0.05) is 19.8 Å². The highest BCUT2D eigenvalue weighted by Gasteiger charge is 2.28. The highest BCUT2D eigenvalue weighted by Crippen LogP contribution is 2.18. The van der Waals surface area contributed by atoms with Crippen LogP contribution in [0.25, 0.3) is 0 Å². The Morgan fingerprint density at radius 3 is 2.43 bits per heavy atom. The average Bonchev–Trinajstić information content (AvgIpc) is 3.07. The molecule has 132 valence electrons. The van der Waals surface area contributed by atoms with Gasteiger partial charge < -0.3 is 15.0 Å². The number of carbonyl (C=O) groups excluding carboxylic acids is 2. The SMILES string of the molecule is CCCOCC(=O)N1CCN(C(C)C(=O)NC2CCCC2)CC1. The molecule has 1 aliphatic heterocycles. The van der Waals surface area contributed by atoms with E-state index in [9.17, 15) is 9.59 Å². The van der Waals surface area contributed by atoms with Gasteiger partial charge in [0.2, 0.25) is 11.8 Å². The van der Waals surface area contributed by atoms with E-state index in [2.05, 4.69) is 10.2 Å². The minimum Gasteiger partial charge on any atom is -0.372 e. The van der Waals surface area contributed by atoms with Gasteiger partial charge in [-0.15, -0.1) is 0 Å². The molecule has 1 unspecified atom stereocenters. The first-order valence-electron chi connectivity index (χ1n) is 9.01. The summed E-state index contributed by atoms with van der Waals surface area (Å²) in [4.78, 5) is 28.4. The van der Waals surface area contributed by atoms with Crippen molar-refractivity contribution in [1.82, 2.24) is 15.1 Å². The van der Waals surface area contributed by atoms with Crippen LogP contribution in [-0.2, 0) is 14.3 Å². The van der Waals surface area contributed by atoms with Crippen LogP contribution in [0.3, 0.4) is 0 Å². The predicted octanol–water partition coefficient (Wildman–Crippen LogP) is 1.00.